The molecule has 0 aromatic heterocycles. The van der Waals surface area contributed by atoms with Gasteiger partial charge in [-0.2, -0.15) is 13.2 Å². The van der Waals surface area contributed by atoms with Crippen LogP contribution in [-0.2, 0) is 0 Å². The van der Waals surface area contributed by atoms with Gasteiger partial charge in [0.15, 0.2) is 6.61 Å². The van der Waals surface area contributed by atoms with Crippen LogP contribution in [0.3, 0.4) is 0 Å². The Kier molecular flexibility index (Phi) is 4.18. The number of alkyl halides is 3. The van der Waals surface area contributed by atoms with Crippen LogP contribution in [0.4, 0.5) is 13.2 Å². The van der Waals surface area contributed by atoms with E-state index in [0.717, 1.165) is 10.9 Å². The van der Waals surface area contributed by atoms with Gasteiger partial charge in [-0.1, -0.05) is 36.4 Å². The number of hydrogen-bond acceptors (Lipinski definition) is 2. The minimum absolute atomic E-state index is 0.0946. The molecule has 108 valence electrons. The molecule has 2 rings (SSSR count). The summed E-state index contributed by atoms with van der Waals surface area (Å²) >= 11 is 0. The highest BCUT2D eigenvalue weighted by molar-refractivity contribution is 5.89. The molecule has 1 atom stereocenters. The van der Waals surface area contributed by atoms with E-state index in [1.165, 1.54) is 0 Å². The van der Waals surface area contributed by atoms with Crippen molar-refractivity contribution < 1.29 is 17.9 Å². The van der Waals surface area contributed by atoms with Gasteiger partial charge in [-0.25, -0.2) is 0 Å². The van der Waals surface area contributed by atoms with Crippen LogP contribution >= 0.6 is 0 Å². The Balaban J connectivity index is 2.50. The van der Waals surface area contributed by atoms with Gasteiger partial charge in [0.1, 0.15) is 5.75 Å². The molecule has 2 aromatic carbocycles. The van der Waals surface area contributed by atoms with Crippen LogP contribution in [0.25, 0.3) is 10.8 Å². The molecule has 2 aromatic rings. The minimum atomic E-state index is -4.35. The van der Waals surface area contributed by atoms with Crippen molar-refractivity contribution in [3.05, 3.63) is 42.0 Å². The topological polar surface area (TPSA) is 21.3 Å². The van der Waals surface area contributed by atoms with Crippen molar-refractivity contribution in [1.82, 2.24) is 5.32 Å². The lowest BCUT2D eigenvalue weighted by Crippen LogP contribution is -2.21. The fourth-order valence-electron chi connectivity index (χ4n) is 2.07. The molecule has 0 fully saturated rings. The number of nitrogens with one attached hydrogen (secondary N) is 1. The predicted octanol–water partition coefficient (Wildman–Crippen LogP) is 4.06. The van der Waals surface area contributed by atoms with Crippen molar-refractivity contribution >= 4 is 10.8 Å². The molecule has 2 nitrogen and oxygen atoms in total. The molecule has 0 saturated carbocycles. The molecule has 5 heteroatoms. The second-order valence-corrected chi connectivity index (χ2v) is 4.62. The van der Waals surface area contributed by atoms with Gasteiger partial charge in [-0.3, -0.25) is 0 Å². The summed E-state index contributed by atoms with van der Waals surface area (Å²) in [7, 11) is 1.76. The first-order chi connectivity index (χ1) is 9.42. The molecule has 0 spiro atoms. The molecule has 0 radical (unpaired) electrons. The Bertz CT molecular complexity index is 595. The molecule has 0 amide bonds. The largest absolute Gasteiger partial charge is 0.483 e. The van der Waals surface area contributed by atoms with Gasteiger partial charge < -0.3 is 10.1 Å². The minimum Gasteiger partial charge on any atom is -0.483 e. The van der Waals surface area contributed by atoms with E-state index in [9.17, 15) is 13.2 Å². The average Bonchev–Trinajstić information content (AvgIpc) is 2.42. The third-order valence-electron chi connectivity index (χ3n) is 3.19. The SMILES string of the molecule is CNC(C)c1ccc2ccccc2c1OCC(F)(F)F. The lowest BCUT2D eigenvalue weighted by Gasteiger charge is -2.19. The number of ether oxygens (including phenoxy) is 1. The smallest absolute Gasteiger partial charge is 0.422 e. The van der Waals surface area contributed by atoms with Crippen LogP contribution in [0, 0.1) is 0 Å². The Hall–Kier alpha value is -1.75. The number of benzene rings is 2. The number of fused-ring (bicyclic) bond motifs is 1. The van der Waals surface area contributed by atoms with Crippen LogP contribution in [0.1, 0.15) is 18.5 Å². The van der Waals surface area contributed by atoms with Gasteiger partial charge in [0, 0.05) is 17.0 Å². The van der Waals surface area contributed by atoms with Crippen molar-refractivity contribution in [3.63, 3.8) is 0 Å². The molecule has 0 bridgehead atoms. The second-order valence-electron chi connectivity index (χ2n) is 4.62. The average molecular weight is 283 g/mol. The summed E-state index contributed by atoms with van der Waals surface area (Å²) in [6.45, 7) is 0.592. The van der Waals surface area contributed by atoms with E-state index in [0.29, 0.717) is 11.1 Å². The lowest BCUT2D eigenvalue weighted by atomic mass is 10.0. The summed E-state index contributed by atoms with van der Waals surface area (Å²) in [5, 5.41) is 4.57. The van der Waals surface area contributed by atoms with Crippen LogP contribution in [-0.4, -0.2) is 19.8 Å². The fourth-order valence-corrected chi connectivity index (χ4v) is 2.07. The van der Waals surface area contributed by atoms with Crippen LogP contribution < -0.4 is 10.1 Å². The van der Waals surface area contributed by atoms with Crippen LogP contribution in [0.5, 0.6) is 5.75 Å². The van der Waals surface area contributed by atoms with Crippen LogP contribution in [0.2, 0.25) is 0 Å². The summed E-state index contributed by atoms with van der Waals surface area (Å²) in [6.07, 6.45) is -4.35. The van der Waals surface area contributed by atoms with Crippen molar-refractivity contribution in [3.8, 4) is 5.75 Å². The van der Waals surface area contributed by atoms with Gasteiger partial charge in [-0.15, -0.1) is 0 Å². The highest BCUT2D eigenvalue weighted by Gasteiger charge is 2.29. The maximum Gasteiger partial charge on any atom is 0.422 e. The summed E-state index contributed by atoms with van der Waals surface area (Å²) in [6, 6.07) is 10.8. The summed E-state index contributed by atoms with van der Waals surface area (Å²) < 4.78 is 42.3. The zero-order chi connectivity index (χ0) is 14.8. The summed E-state index contributed by atoms with van der Waals surface area (Å²) in [5.74, 6) is 0.294. The molecule has 1 N–H and O–H groups in total. The first kappa shape index (κ1) is 14.7. The third-order valence-corrected chi connectivity index (χ3v) is 3.19. The second kappa shape index (κ2) is 5.71. The van der Waals surface area contributed by atoms with Crippen molar-refractivity contribution in [2.75, 3.05) is 13.7 Å². The first-order valence-corrected chi connectivity index (χ1v) is 6.31. The van der Waals surface area contributed by atoms with E-state index in [2.05, 4.69) is 5.32 Å². The quantitative estimate of drug-likeness (QED) is 0.913. The lowest BCUT2D eigenvalue weighted by molar-refractivity contribution is -0.153. The molecule has 1 unspecified atom stereocenters. The van der Waals surface area contributed by atoms with E-state index in [1.54, 1.807) is 25.2 Å². The number of rotatable bonds is 4. The van der Waals surface area contributed by atoms with Gasteiger partial charge in [-0.05, 0) is 19.4 Å². The maximum atomic E-state index is 12.4. The molecule has 0 saturated heterocycles. The Morgan fingerprint density at radius 2 is 1.85 bits per heavy atom. The molecule has 0 heterocycles. The van der Waals surface area contributed by atoms with E-state index >= 15 is 0 Å². The fraction of sp³-hybridized carbons (Fsp3) is 0.333. The van der Waals surface area contributed by atoms with E-state index in [-0.39, 0.29) is 6.04 Å². The van der Waals surface area contributed by atoms with Gasteiger partial charge in [0.05, 0.1) is 0 Å². The standard InChI is InChI=1S/C15H16F3NO/c1-10(19-2)12-8-7-11-5-3-4-6-13(11)14(12)20-9-15(16,17)18/h3-8,10,19H,9H2,1-2H3. The van der Waals surface area contributed by atoms with Gasteiger partial charge in [0.25, 0.3) is 0 Å². The summed E-state index contributed by atoms with van der Waals surface area (Å²) in [5.41, 5.74) is 0.718. The van der Waals surface area contributed by atoms with Gasteiger partial charge in [0.2, 0.25) is 0 Å². The molecule has 0 aliphatic rings. The normalized spacial score (nSPS) is 13.4. The Morgan fingerprint density at radius 1 is 1.15 bits per heavy atom. The molecule has 20 heavy (non-hydrogen) atoms. The van der Waals surface area contributed by atoms with E-state index < -0.39 is 12.8 Å². The summed E-state index contributed by atoms with van der Waals surface area (Å²) in [4.78, 5) is 0. The van der Waals surface area contributed by atoms with Crippen molar-refractivity contribution in [2.45, 2.75) is 19.1 Å². The van der Waals surface area contributed by atoms with Crippen molar-refractivity contribution in [1.29, 1.82) is 0 Å². The zero-order valence-corrected chi connectivity index (χ0v) is 11.3. The van der Waals surface area contributed by atoms with E-state index in [4.69, 9.17) is 4.74 Å². The molecular formula is C15H16F3NO. The molecule has 0 aliphatic heterocycles. The first-order valence-electron chi connectivity index (χ1n) is 6.31. The number of halogens is 3. The maximum absolute atomic E-state index is 12.4. The number of hydrogen-bond donors (Lipinski definition) is 1. The Morgan fingerprint density at radius 3 is 2.50 bits per heavy atom. The third kappa shape index (κ3) is 3.22. The molecular weight excluding hydrogens is 267 g/mol. The highest BCUT2D eigenvalue weighted by Crippen LogP contribution is 2.34. The Labute approximate surface area is 115 Å². The molecule has 0 aliphatic carbocycles. The van der Waals surface area contributed by atoms with Gasteiger partial charge >= 0.3 is 6.18 Å². The zero-order valence-electron chi connectivity index (χ0n) is 11.3. The van der Waals surface area contributed by atoms with Crippen molar-refractivity contribution in [2.24, 2.45) is 0 Å². The highest BCUT2D eigenvalue weighted by atomic mass is 19.4. The van der Waals surface area contributed by atoms with Crippen LogP contribution in [0.15, 0.2) is 36.4 Å². The monoisotopic (exact) mass is 283 g/mol. The van der Waals surface area contributed by atoms with E-state index in [1.807, 2.05) is 25.1 Å². The predicted molar refractivity (Wildman–Crippen MR) is 73.0 cm³/mol.